The quantitative estimate of drug-likeness (QED) is 0.514. The van der Waals surface area contributed by atoms with E-state index in [9.17, 15) is 8.78 Å². The topological polar surface area (TPSA) is 72.5 Å². The van der Waals surface area contributed by atoms with Crippen LogP contribution in [0.3, 0.4) is 0 Å². The van der Waals surface area contributed by atoms with Crippen molar-refractivity contribution in [3.8, 4) is 5.75 Å². The zero-order valence-corrected chi connectivity index (χ0v) is 13.8. The second kappa shape index (κ2) is 7.71. The van der Waals surface area contributed by atoms with E-state index in [0.29, 0.717) is 10.9 Å². The van der Waals surface area contributed by atoms with Crippen molar-refractivity contribution in [3.63, 3.8) is 0 Å². The highest BCUT2D eigenvalue weighted by Gasteiger charge is 2.03. The zero-order chi connectivity index (χ0) is 17.6. The molecule has 5 nitrogen and oxygen atoms in total. The van der Waals surface area contributed by atoms with E-state index < -0.39 is 11.6 Å². The number of nitrogens with one attached hydrogen (secondary N) is 1. The van der Waals surface area contributed by atoms with E-state index in [1.54, 1.807) is 11.6 Å². The van der Waals surface area contributed by atoms with Crippen molar-refractivity contribution in [2.45, 2.75) is 6.61 Å². The molecule has 0 saturated heterocycles. The summed E-state index contributed by atoms with van der Waals surface area (Å²) < 4.78 is 31.4. The van der Waals surface area contributed by atoms with Crippen molar-refractivity contribution in [2.24, 2.45) is 5.10 Å². The molecule has 3 rings (SSSR count). The molecule has 0 atom stereocenters. The SMILES string of the molecule is Nc1csc(NN=Cc2ccc(COc3ccc(F)c(F)c3)cc2)n1. The Labute approximate surface area is 146 Å². The Hall–Kier alpha value is -3.00. The Balaban J connectivity index is 1.53. The van der Waals surface area contributed by atoms with Gasteiger partial charge in [0.25, 0.3) is 0 Å². The number of nitrogen functional groups attached to an aromatic ring is 1. The number of thiazole rings is 1. The highest BCUT2D eigenvalue weighted by Crippen LogP contribution is 2.17. The number of rotatable bonds is 6. The Morgan fingerprint density at radius 1 is 1.16 bits per heavy atom. The molecule has 3 aromatic rings. The molecule has 0 radical (unpaired) electrons. The molecule has 1 aromatic heterocycles. The molecular weight excluding hydrogens is 346 g/mol. The van der Waals surface area contributed by atoms with Crippen LogP contribution in [0.4, 0.5) is 19.7 Å². The minimum Gasteiger partial charge on any atom is -0.489 e. The lowest BCUT2D eigenvalue weighted by molar-refractivity contribution is 0.303. The van der Waals surface area contributed by atoms with Crippen LogP contribution in [0.25, 0.3) is 0 Å². The number of nitrogens with two attached hydrogens (primary N) is 1. The van der Waals surface area contributed by atoms with E-state index in [0.717, 1.165) is 23.3 Å². The van der Waals surface area contributed by atoms with Gasteiger partial charge >= 0.3 is 0 Å². The minimum absolute atomic E-state index is 0.249. The van der Waals surface area contributed by atoms with Crippen LogP contribution in [0.15, 0.2) is 52.9 Å². The first-order chi connectivity index (χ1) is 12.1. The molecule has 8 heteroatoms. The van der Waals surface area contributed by atoms with Crippen LogP contribution in [-0.4, -0.2) is 11.2 Å². The number of hydrogen-bond donors (Lipinski definition) is 2. The molecule has 0 aliphatic heterocycles. The molecule has 25 heavy (non-hydrogen) atoms. The summed E-state index contributed by atoms with van der Waals surface area (Å²) in [4.78, 5) is 4.03. The Bertz CT molecular complexity index is 881. The van der Waals surface area contributed by atoms with E-state index in [-0.39, 0.29) is 12.4 Å². The van der Waals surface area contributed by atoms with Crippen LogP contribution in [0.2, 0.25) is 0 Å². The lowest BCUT2D eigenvalue weighted by atomic mass is 10.1. The summed E-state index contributed by atoms with van der Waals surface area (Å²) in [5, 5.41) is 6.41. The second-order valence-electron chi connectivity index (χ2n) is 5.05. The molecule has 128 valence electrons. The van der Waals surface area contributed by atoms with Gasteiger partial charge < -0.3 is 10.5 Å². The van der Waals surface area contributed by atoms with Gasteiger partial charge in [0.05, 0.1) is 6.21 Å². The number of anilines is 2. The van der Waals surface area contributed by atoms with E-state index in [1.807, 2.05) is 24.3 Å². The van der Waals surface area contributed by atoms with Gasteiger partial charge in [-0.1, -0.05) is 24.3 Å². The van der Waals surface area contributed by atoms with Crippen LogP contribution < -0.4 is 15.9 Å². The number of aromatic nitrogens is 1. The van der Waals surface area contributed by atoms with Crippen molar-refractivity contribution < 1.29 is 13.5 Å². The summed E-state index contributed by atoms with van der Waals surface area (Å²) in [6.45, 7) is 0.249. The standard InChI is InChI=1S/C17H14F2N4OS/c18-14-6-5-13(7-15(14)19)24-9-12-3-1-11(2-4-12)8-21-23-17-22-16(20)10-25-17/h1-8,10H,9,20H2,(H,22,23). The molecule has 0 aliphatic carbocycles. The summed E-state index contributed by atoms with van der Waals surface area (Å²) in [5.74, 6) is -1.10. The number of nitrogens with zero attached hydrogens (tertiary/aromatic N) is 2. The average Bonchev–Trinajstić information content (AvgIpc) is 3.02. The van der Waals surface area contributed by atoms with E-state index in [4.69, 9.17) is 10.5 Å². The Kier molecular flexibility index (Phi) is 5.20. The summed E-state index contributed by atoms with van der Waals surface area (Å²) >= 11 is 1.37. The zero-order valence-electron chi connectivity index (χ0n) is 12.9. The van der Waals surface area contributed by atoms with E-state index in [1.165, 1.54) is 17.4 Å². The number of halogens is 2. The predicted molar refractivity (Wildman–Crippen MR) is 94.9 cm³/mol. The fourth-order valence-corrected chi connectivity index (χ4v) is 2.48. The van der Waals surface area contributed by atoms with Crippen molar-refractivity contribution in [2.75, 3.05) is 11.2 Å². The largest absolute Gasteiger partial charge is 0.489 e. The summed E-state index contributed by atoms with van der Waals surface area (Å²) in [5.41, 5.74) is 10.1. The van der Waals surface area contributed by atoms with Gasteiger partial charge in [0.15, 0.2) is 11.6 Å². The van der Waals surface area contributed by atoms with Gasteiger partial charge in [-0.3, -0.25) is 5.43 Å². The molecule has 0 unspecified atom stereocenters. The molecular formula is C17H14F2N4OS. The number of ether oxygens (including phenoxy) is 1. The number of hydrazone groups is 1. The van der Waals surface area contributed by atoms with Gasteiger partial charge in [-0.2, -0.15) is 5.10 Å². The first-order valence-corrected chi connectivity index (χ1v) is 8.15. The fourth-order valence-electron chi connectivity index (χ4n) is 1.93. The van der Waals surface area contributed by atoms with Gasteiger partial charge in [-0.15, -0.1) is 11.3 Å². The van der Waals surface area contributed by atoms with Crippen LogP contribution in [0, 0.1) is 11.6 Å². The maximum absolute atomic E-state index is 13.1. The molecule has 0 aliphatic rings. The van der Waals surface area contributed by atoms with Crippen LogP contribution in [0.1, 0.15) is 11.1 Å². The molecule has 3 N–H and O–H groups in total. The molecule has 0 bridgehead atoms. The maximum atomic E-state index is 13.1. The van der Waals surface area contributed by atoms with Gasteiger partial charge in [0, 0.05) is 11.4 Å². The van der Waals surface area contributed by atoms with Gasteiger partial charge in [-0.05, 0) is 23.3 Å². The van der Waals surface area contributed by atoms with E-state index in [2.05, 4.69) is 15.5 Å². The van der Waals surface area contributed by atoms with Crippen molar-refractivity contribution in [1.29, 1.82) is 0 Å². The van der Waals surface area contributed by atoms with E-state index >= 15 is 0 Å². The third-order valence-electron chi connectivity index (χ3n) is 3.17. The first-order valence-electron chi connectivity index (χ1n) is 7.27. The highest BCUT2D eigenvalue weighted by molar-refractivity contribution is 7.14. The average molecular weight is 360 g/mol. The summed E-state index contributed by atoms with van der Waals surface area (Å²) in [7, 11) is 0. The smallest absolute Gasteiger partial charge is 0.205 e. The van der Waals surface area contributed by atoms with Crippen molar-refractivity contribution >= 4 is 28.5 Å². The lowest BCUT2D eigenvalue weighted by Gasteiger charge is -2.07. The predicted octanol–water partition coefficient (Wildman–Crippen LogP) is 4.03. The van der Waals surface area contributed by atoms with Crippen molar-refractivity contribution in [3.05, 3.63) is 70.6 Å². The Morgan fingerprint density at radius 2 is 1.96 bits per heavy atom. The maximum Gasteiger partial charge on any atom is 0.205 e. The van der Waals surface area contributed by atoms with Gasteiger partial charge in [-0.25, -0.2) is 13.8 Å². The molecule has 2 aromatic carbocycles. The second-order valence-corrected chi connectivity index (χ2v) is 5.91. The Morgan fingerprint density at radius 3 is 2.64 bits per heavy atom. The summed E-state index contributed by atoms with van der Waals surface area (Å²) in [6, 6.07) is 10.9. The molecule has 0 spiro atoms. The van der Waals surface area contributed by atoms with Crippen molar-refractivity contribution in [1.82, 2.24) is 4.98 Å². The van der Waals surface area contributed by atoms with Crippen LogP contribution in [0.5, 0.6) is 5.75 Å². The normalized spacial score (nSPS) is 11.0. The highest BCUT2D eigenvalue weighted by atomic mass is 32.1. The molecule has 1 heterocycles. The summed E-state index contributed by atoms with van der Waals surface area (Å²) in [6.07, 6.45) is 1.65. The monoisotopic (exact) mass is 360 g/mol. The molecule has 0 saturated carbocycles. The first kappa shape index (κ1) is 16.8. The molecule has 0 fully saturated rings. The minimum atomic E-state index is -0.932. The third-order valence-corrected chi connectivity index (χ3v) is 3.94. The van der Waals surface area contributed by atoms with Gasteiger partial charge in [0.1, 0.15) is 18.2 Å². The fraction of sp³-hybridized carbons (Fsp3) is 0.0588. The van der Waals surface area contributed by atoms with Gasteiger partial charge in [0.2, 0.25) is 5.13 Å². The molecule has 0 amide bonds. The lowest BCUT2D eigenvalue weighted by Crippen LogP contribution is -1.97. The third kappa shape index (κ3) is 4.74. The number of benzene rings is 2. The number of hydrogen-bond acceptors (Lipinski definition) is 6. The van der Waals surface area contributed by atoms with Crippen LogP contribution in [-0.2, 0) is 6.61 Å². The van der Waals surface area contributed by atoms with Crippen LogP contribution >= 0.6 is 11.3 Å².